The molecular weight excluding hydrogens is 196 g/mol. The molecule has 1 heterocycles. The Labute approximate surface area is 87.0 Å². The summed E-state index contributed by atoms with van der Waals surface area (Å²) in [6.07, 6.45) is 4.07. The van der Waals surface area contributed by atoms with Gasteiger partial charge >= 0.3 is 0 Å². The third kappa shape index (κ3) is 1.61. The topological polar surface area (TPSA) is 108 Å². The highest BCUT2D eigenvalue weighted by atomic mass is 16.5. The second-order valence-corrected chi connectivity index (χ2v) is 3.98. The molecule has 0 radical (unpaired) electrons. The van der Waals surface area contributed by atoms with Crippen molar-refractivity contribution in [3.05, 3.63) is 11.7 Å². The van der Waals surface area contributed by atoms with E-state index >= 15 is 0 Å². The van der Waals surface area contributed by atoms with Gasteiger partial charge in [0.15, 0.2) is 0 Å². The molecule has 0 bridgehead atoms. The zero-order chi connectivity index (χ0) is 10.9. The number of hydrogen-bond acceptors (Lipinski definition) is 5. The minimum absolute atomic E-state index is 0.0651. The lowest BCUT2D eigenvalue weighted by atomic mass is 9.86. The molecule has 1 amide bonds. The molecule has 1 aliphatic carbocycles. The van der Waals surface area contributed by atoms with Crippen molar-refractivity contribution in [2.75, 3.05) is 6.54 Å². The Morgan fingerprint density at radius 1 is 1.47 bits per heavy atom. The van der Waals surface area contributed by atoms with Crippen LogP contribution in [0.3, 0.4) is 0 Å². The molecule has 1 aliphatic rings. The van der Waals surface area contributed by atoms with Crippen LogP contribution in [0.5, 0.6) is 0 Å². The van der Waals surface area contributed by atoms with Crippen LogP contribution in [0.4, 0.5) is 0 Å². The third-order valence-corrected chi connectivity index (χ3v) is 3.05. The van der Waals surface area contributed by atoms with Gasteiger partial charge in [0.1, 0.15) is 0 Å². The molecule has 6 heteroatoms. The van der Waals surface area contributed by atoms with Crippen LogP contribution < -0.4 is 11.5 Å². The Morgan fingerprint density at radius 3 is 2.60 bits per heavy atom. The molecule has 1 saturated carbocycles. The van der Waals surface area contributed by atoms with E-state index in [1.807, 2.05) is 0 Å². The summed E-state index contributed by atoms with van der Waals surface area (Å²) < 4.78 is 5.06. The highest BCUT2D eigenvalue weighted by molar-refractivity contribution is 5.88. The summed E-state index contributed by atoms with van der Waals surface area (Å²) in [5.74, 6) is -0.281. The normalized spacial score (nSPS) is 19.3. The van der Waals surface area contributed by atoms with E-state index in [9.17, 15) is 4.79 Å². The standard InChI is InChI=1S/C9H14N4O2/c10-5-9(3-1-2-4-9)8-12-7(6(11)14)13-15-8/h1-5,10H2,(H2,11,14). The zero-order valence-electron chi connectivity index (χ0n) is 8.40. The van der Waals surface area contributed by atoms with Gasteiger partial charge in [-0.15, -0.1) is 0 Å². The van der Waals surface area contributed by atoms with Crippen LogP contribution in [0, 0.1) is 0 Å². The number of nitrogens with two attached hydrogens (primary N) is 2. The minimum atomic E-state index is -0.671. The van der Waals surface area contributed by atoms with E-state index in [2.05, 4.69) is 10.1 Å². The Bertz CT molecular complexity index is 368. The molecule has 1 aromatic heterocycles. The molecule has 0 atom stereocenters. The van der Waals surface area contributed by atoms with Crippen LogP contribution in [0.2, 0.25) is 0 Å². The zero-order valence-corrected chi connectivity index (χ0v) is 8.40. The van der Waals surface area contributed by atoms with Crippen LogP contribution >= 0.6 is 0 Å². The summed E-state index contributed by atoms with van der Waals surface area (Å²) in [4.78, 5) is 14.8. The fourth-order valence-electron chi connectivity index (χ4n) is 2.10. The number of amides is 1. The van der Waals surface area contributed by atoms with Crippen molar-refractivity contribution in [2.45, 2.75) is 31.1 Å². The van der Waals surface area contributed by atoms with Crippen LogP contribution in [-0.2, 0) is 5.41 Å². The lowest BCUT2D eigenvalue weighted by molar-refractivity contribution is 0.0987. The quantitative estimate of drug-likeness (QED) is 0.726. The summed E-state index contributed by atoms with van der Waals surface area (Å²) in [5.41, 5.74) is 10.6. The summed E-state index contributed by atoms with van der Waals surface area (Å²) in [5, 5.41) is 3.54. The molecule has 6 nitrogen and oxygen atoms in total. The maximum atomic E-state index is 10.8. The van der Waals surface area contributed by atoms with Crippen molar-refractivity contribution in [3.8, 4) is 0 Å². The van der Waals surface area contributed by atoms with Gasteiger partial charge in [-0.25, -0.2) is 0 Å². The van der Waals surface area contributed by atoms with E-state index in [-0.39, 0.29) is 11.2 Å². The minimum Gasteiger partial charge on any atom is -0.363 e. The van der Waals surface area contributed by atoms with Crippen molar-refractivity contribution in [3.63, 3.8) is 0 Å². The lowest BCUT2D eigenvalue weighted by Gasteiger charge is -2.21. The first kappa shape index (κ1) is 10.1. The average Bonchev–Trinajstić information content (AvgIpc) is 2.87. The highest BCUT2D eigenvalue weighted by Gasteiger charge is 2.39. The van der Waals surface area contributed by atoms with Gasteiger partial charge < -0.3 is 16.0 Å². The van der Waals surface area contributed by atoms with Crippen molar-refractivity contribution < 1.29 is 9.32 Å². The fraction of sp³-hybridized carbons (Fsp3) is 0.667. The van der Waals surface area contributed by atoms with E-state index in [1.165, 1.54) is 0 Å². The molecule has 2 rings (SSSR count). The summed E-state index contributed by atoms with van der Waals surface area (Å²) in [6.45, 7) is 0.466. The first-order valence-corrected chi connectivity index (χ1v) is 5.02. The number of rotatable bonds is 3. The largest absolute Gasteiger partial charge is 0.363 e. The number of carbonyl (C=O) groups excluding carboxylic acids is 1. The predicted molar refractivity (Wildman–Crippen MR) is 52.0 cm³/mol. The number of carbonyl (C=O) groups is 1. The van der Waals surface area contributed by atoms with E-state index in [1.54, 1.807) is 0 Å². The van der Waals surface area contributed by atoms with Crippen molar-refractivity contribution in [1.29, 1.82) is 0 Å². The van der Waals surface area contributed by atoms with Gasteiger partial charge in [0, 0.05) is 6.54 Å². The molecule has 0 aromatic carbocycles. The number of nitrogens with zero attached hydrogens (tertiary/aromatic N) is 2. The Balaban J connectivity index is 2.30. The number of primary amides is 1. The van der Waals surface area contributed by atoms with Gasteiger partial charge in [0.05, 0.1) is 5.41 Å². The lowest BCUT2D eigenvalue weighted by Crippen LogP contribution is -2.32. The third-order valence-electron chi connectivity index (χ3n) is 3.05. The van der Waals surface area contributed by atoms with Crippen LogP contribution in [-0.4, -0.2) is 22.6 Å². The van der Waals surface area contributed by atoms with Crippen LogP contribution in [0.25, 0.3) is 0 Å². The molecule has 0 aliphatic heterocycles. The van der Waals surface area contributed by atoms with Gasteiger partial charge in [0.25, 0.3) is 11.7 Å². The van der Waals surface area contributed by atoms with E-state index in [4.69, 9.17) is 16.0 Å². The molecule has 0 unspecified atom stereocenters. The van der Waals surface area contributed by atoms with Gasteiger partial charge in [-0.3, -0.25) is 4.79 Å². The van der Waals surface area contributed by atoms with Crippen molar-refractivity contribution >= 4 is 5.91 Å². The summed E-state index contributed by atoms with van der Waals surface area (Å²) in [7, 11) is 0. The van der Waals surface area contributed by atoms with Crippen molar-refractivity contribution in [2.24, 2.45) is 11.5 Å². The predicted octanol–water partition coefficient (Wildman–Crippen LogP) is -0.0610. The highest BCUT2D eigenvalue weighted by Crippen LogP contribution is 2.39. The van der Waals surface area contributed by atoms with Crippen LogP contribution in [0.15, 0.2) is 4.52 Å². The molecule has 1 aromatic rings. The maximum absolute atomic E-state index is 10.8. The van der Waals surface area contributed by atoms with Gasteiger partial charge in [-0.05, 0) is 12.8 Å². The molecule has 82 valence electrons. The SMILES string of the molecule is NCC1(c2nc(C(N)=O)no2)CCCC1. The monoisotopic (exact) mass is 210 g/mol. The molecular formula is C9H14N4O2. The van der Waals surface area contributed by atoms with Gasteiger partial charge in [-0.1, -0.05) is 18.0 Å². The Hall–Kier alpha value is -1.43. The van der Waals surface area contributed by atoms with E-state index in [0.29, 0.717) is 12.4 Å². The van der Waals surface area contributed by atoms with Gasteiger partial charge in [-0.2, -0.15) is 4.98 Å². The van der Waals surface area contributed by atoms with E-state index < -0.39 is 5.91 Å². The molecule has 15 heavy (non-hydrogen) atoms. The molecule has 0 saturated heterocycles. The first-order chi connectivity index (χ1) is 7.18. The Morgan fingerprint density at radius 2 is 2.13 bits per heavy atom. The second-order valence-electron chi connectivity index (χ2n) is 3.98. The fourth-order valence-corrected chi connectivity index (χ4v) is 2.10. The van der Waals surface area contributed by atoms with Gasteiger partial charge in [0.2, 0.25) is 5.89 Å². The molecule has 0 spiro atoms. The summed E-state index contributed by atoms with van der Waals surface area (Å²) >= 11 is 0. The molecule has 4 N–H and O–H groups in total. The van der Waals surface area contributed by atoms with E-state index in [0.717, 1.165) is 25.7 Å². The second kappa shape index (κ2) is 3.62. The maximum Gasteiger partial charge on any atom is 0.290 e. The molecule has 1 fully saturated rings. The first-order valence-electron chi connectivity index (χ1n) is 5.02. The summed E-state index contributed by atoms with van der Waals surface area (Å²) in [6, 6.07) is 0. The smallest absolute Gasteiger partial charge is 0.290 e. The average molecular weight is 210 g/mol. The van der Waals surface area contributed by atoms with Crippen molar-refractivity contribution in [1.82, 2.24) is 10.1 Å². The number of hydrogen-bond donors (Lipinski definition) is 2. The Kier molecular flexibility index (Phi) is 2.44. The number of aromatic nitrogens is 2. The van der Waals surface area contributed by atoms with Crippen LogP contribution in [0.1, 0.15) is 42.2 Å².